The van der Waals surface area contributed by atoms with E-state index in [1.165, 1.54) is 0 Å². The lowest BCUT2D eigenvalue weighted by molar-refractivity contribution is 0.255. The van der Waals surface area contributed by atoms with E-state index >= 15 is 0 Å². The van der Waals surface area contributed by atoms with Crippen LogP contribution in [0.15, 0.2) is 36.0 Å². The Morgan fingerprint density at radius 1 is 1.18 bits per heavy atom. The van der Waals surface area contributed by atoms with E-state index in [1.807, 2.05) is 28.8 Å². The molecule has 0 amide bonds. The molecule has 3 atom stereocenters. The molecule has 2 aromatic rings. The molecule has 114 valence electrons. The van der Waals surface area contributed by atoms with E-state index in [2.05, 4.69) is 40.5 Å². The van der Waals surface area contributed by atoms with Crippen molar-refractivity contribution in [2.24, 2.45) is 34.1 Å². The van der Waals surface area contributed by atoms with Crippen LogP contribution in [0, 0.1) is 29.1 Å². The molecule has 1 aliphatic carbocycles. The lowest BCUT2D eigenvalue weighted by atomic mass is 9.69. The van der Waals surface area contributed by atoms with E-state index in [4.69, 9.17) is 9.98 Å². The van der Waals surface area contributed by atoms with Crippen LogP contribution in [0.2, 0.25) is 0 Å². The summed E-state index contributed by atoms with van der Waals surface area (Å²) in [5, 5.41) is 0. The first-order valence-corrected chi connectivity index (χ1v) is 8.13. The van der Waals surface area contributed by atoms with Crippen LogP contribution in [0.3, 0.4) is 0 Å². The Kier molecular flexibility index (Phi) is 2.69. The average Bonchev–Trinajstić information content (AvgIpc) is 2.95. The summed E-state index contributed by atoms with van der Waals surface area (Å²) in [4.78, 5) is 9.52. The van der Waals surface area contributed by atoms with Gasteiger partial charge in [0.25, 0.3) is 0 Å². The Labute approximate surface area is 131 Å². The summed E-state index contributed by atoms with van der Waals surface area (Å²) < 4.78 is 2.04. The van der Waals surface area contributed by atoms with Gasteiger partial charge >= 0.3 is 0 Å². The Morgan fingerprint density at radius 2 is 1.91 bits per heavy atom. The molecule has 22 heavy (non-hydrogen) atoms. The van der Waals surface area contributed by atoms with Gasteiger partial charge in [0.15, 0.2) is 5.82 Å². The zero-order valence-electron chi connectivity index (χ0n) is 13.7. The van der Waals surface area contributed by atoms with Crippen LogP contribution in [0.5, 0.6) is 0 Å². The van der Waals surface area contributed by atoms with Crippen LogP contribution in [0.1, 0.15) is 33.4 Å². The van der Waals surface area contributed by atoms with Crippen molar-refractivity contribution in [1.29, 1.82) is 0 Å². The van der Waals surface area contributed by atoms with Crippen LogP contribution in [0.25, 0.3) is 11.2 Å². The van der Waals surface area contributed by atoms with E-state index in [0.717, 1.165) is 40.5 Å². The number of aromatic nitrogens is 2. The second-order valence-electron chi connectivity index (χ2n) is 7.56. The standard InChI is InChI=1S/C19H23N3/c1-11-12(2)16(11)19(4,5)14-10-20-18-17(13(14)3)21-15-8-6-7-9-22(15)18/h6-12,14,16H,3H2,1-2,4-5H3. The number of nitrogens with zero attached hydrogens (tertiary/aromatic N) is 3. The Morgan fingerprint density at radius 3 is 2.59 bits per heavy atom. The molecule has 3 unspecified atom stereocenters. The van der Waals surface area contributed by atoms with Crippen molar-refractivity contribution in [1.82, 2.24) is 9.38 Å². The minimum absolute atomic E-state index is 0.174. The number of aliphatic imine (C=N–C) groups is 1. The molecule has 2 aliphatic rings. The van der Waals surface area contributed by atoms with Gasteiger partial charge in [0.05, 0.1) is 0 Å². The summed E-state index contributed by atoms with van der Waals surface area (Å²) in [7, 11) is 0. The van der Waals surface area contributed by atoms with Crippen molar-refractivity contribution in [2.45, 2.75) is 27.7 Å². The van der Waals surface area contributed by atoms with Gasteiger partial charge in [0.2, 0.25) is 0 Å². The quantitative estimate of drug-likeness (QED) is 0.795. The topological polar surface area (TPSA) is 29.7 Å². The molecule has 3 heteroatoms. The van der Waals surface area contributed by atoms with Crippen LogP contribution >= 0.6 is 0 Å². The van der Waals surface area contributed by atoms with E-state index in [0.29, 0.717) is 0 Å². The molecular formula is C19H23N3. The smallest absolute Gasteiger partial charge is 0.164 e. The van der Waals surface area contributed by atoms with Crippen molar-refractivity contribution in [3.8, 4) is 0 Å². The molecule has 0 radical (unpaired) electrons. The maximum Gasteiger partial charge on any atom is 0.164 e. The van der Waals surface area contributed by atoms with Gasteiger partial charge < -0.3 is 0 Å². The molecule has 0 bridgehead atoms. The summed E-state index contributed by atoms with van der Waals surface area (Å²) in [5.41, 5.74) is 3.20. The molecule has 0 aromatic carbocycles. The minimum Gasteiger partial charge on any atom is -0.284 e. The Balaban J connectivity index is 1.77. The van der Waals surface area contributed by atoms with Gasteiger partial charge in [-0.25, -0.2) is 9.98 Å². The summed E-state index contributed by atoms with van der Waals surface area (Å²) in [5.74, 6) is 3.50. The Bertz CT molecular complexity index is 788. The van der Waals surface area contributed by atoms with Crippen molar-refractivity contribution < 1.29 is 0 Å². The third kappa shape index (κ3) is 1.68. The zero-order chi connectivity index (χ0) is 15.6. The molecule has 0 spiro atoms. The number of pyridine rings is 1. The zero-order valence-corrected chi connectivity index (χ0v) is 13.7. The van der Waals surface area contributed by atoms with Gasteiger partial charge in [-0.3, -0.25) is 4.40 Å². The monoisotopic (exact) mass is 293 g/mol. The molecule has 4 rings (SSSR count). The maximum absolute atomic E-state index is 4.77. The normalized spacial score (nSPS) is 30.6. The van der Waals surface area contributed by atoms with Crippen LogP contribution in [-0.2, 0) is 0 Å². The molecular weight excluding hydrogens is 270 g/mol. The van der Waals surface area contributed by atoms with Crippen molar-refractivity contribution in [3.63, 3.8) is 0 Å². The SMILES string of the molecule is C=C1c2nc3ccccn3c2N=CC1C(C)(C)C1C(C)C1C. The van der Waals surface area contributed by atoms with Gasteiger partial charge in [-0.1, -0.05) is 40.3 Å². The van der Waals surface area contributed by atoms with E-state index in [1.54, 1.807) is 0 Å². The highest BCUT2D eigenvalue weighted by molar-refractivity contribution is 5.91. The summed E-state index contributed by atoms with van der Waals surface area (Å²) in [6.45, 7) is 13.8. The fourth-order valence-corrected chi connectivity index (χ4v) is 4.57. The highest BCUT2D eigenvalue weighted by atomic mass is 15.1. The first kappa shape index (κ1) is 13.7. The molecule has 3 heterocycles. The number of hydrogen-bond donors (Lipinski definition) is 0. The summed E-state index contributed by atoms with van der Waals surface area (Å²) in [6.07, 6.45) is 4.12. The molecule has 1 fully saturated rings. The molecule has 0 saturated heterocycles. The fraction of sp³-hybridized carbons (Fsp3) is 0.474. The van der Waals surface area contributed by atoms with Gasteiger partial charge in [-0.2, -0.15) is 0 Å². The molecule has 0 N–H and O–H groups in total. The third-order valence-corrected chi connectivity index (χ3v) is 6.01. The van der Waals surface area contributed by atoms with Gasteiger partial charge in [0, 0.05) is 18.3 Å². The second kappa shape index (κ2) is 4.31. The van der Waals surface area contributed by atoms with Gasteiger partial charge in [0.1, 0.15) is 11.3 Å². The summed E-state index contributed by atoms with van der Waals surface area (Å²) in [6, 6.07) is 6.04. The summed E-state index contributed by atoms with van der Waals surface area (Å²) >= 11 is 0. The van der Waals surface area contributed by atoms with E-state index < -0.39 is 0 Å². The largest absolute Gasteiger partial charge is 0.284 e. The molecule has 1 aliphatic heterocycles. The Hall–Kier alpha value is -1.90. The second-order valence-corrected chi connectivity index (χ2v) is 7.56. The van der Waals surface area contributed by atoms with Crippen LogP contribution < -0.4 is 0 Å². The van der Waals surface area contributed by atoms with Gasteiger partial charge in [-0.15, -0.1) is 0 Å². The van der Waals surface area contributed by atoms with Crippen LogP contribution in [-0.4, -0.2) is 15.6 Å². The predicted octanol–water partition coefficient (Wildman–Crippen LogP) is 4.61. The van der Waals surface area contributed by atoms with Crippen molar-refractivity contribution in [3.05, 3.63) is 36.7 Å². The third-order valence-electron chi connectivity index (χ3n) is 6.01. The maximum atomic E-state index is 4.77. The fourth-order valence-electron chi connectivity index (χ4n) is 4.57. The number of hydrogen-bond acceptors (Lipinski definition) is 2. The highest BCUT2D eigenvalue weighted by Gasteiger charge is 2.55. The predicted molar refractivity (Wildman–Crippen MR) is 91.5 cm³/mol. The molecule has 2 aromatic heterocycles. The highest BCUT2D eigenvalue weighted by Crippen LogP contribution is 2.60. The minimum atomic E-state index is 0.174. The van der Waals surface area contributed by atoms with Crippen LogP contribution in [0.4, 0.5) is 5.82 Å². The number of allylic oxidation sites excluding steroid dienone is 1. The number of rotatable bonds is 2. The number of imidazole rings is 1. The van der Waals surface area contributed by atoms with E-state index in [9.17, 15) is 0 Å². The van der Waals surface area contributed by atoms with Crippen molar-refractivity contribution in [2.75, 3.05) is 0 Å². The lowest BCUT2D eigenvalue weighted by Crippen LogP contribution is -2.31. The average molecular weight is 293 g/mol. The lowest BCUT2D eigenvalue weighted by Gasteiger charge is -2.35. The number of fused-ring (bicyclic) bond motifs is 3. The molecule has 1 saturated carbocycles. The first-order chi connectivity index (χ1) is 10.4. The van der Waals surface area contributed by atoms with E-state index in [-0.39, 0.29) is 11.3 Å². The first-order valence-electron chi connectivity index (χ1n) is 8.13. The van der Waals surface area contributed by atoms with Crippen molar-refractivity contribution >= 4 is 23.3 Å². The molecule has 3 nitrogen and oxygen atoms in total. The van der Waals surface area contributed by atoms with Gasteiger partial charge in [-0.05, 0) is 40.9 Å².